The Morgan fingerprint density at radius 2 is 1.91 bits per heavy atom. The molecule has 1 saturated heterocycles. The largest absolute Gasteiger partial charge is 0.367 e. The maximum atomic E-state index is 13.4. The molecule has 0 bridgehead atoms. The number of carbonyl (C=O) groups excluding carboxylic acids is 4. The normalized spacial score (nSPS) is 24.2. The SMILES string of the molecule is CNC(=O)C1CCCN(C(C)=O)CC(C)CO[C@H](C(=O)NO)C(CCCc2ccccc2)C(=O)N1. The van der Waals surface area contributed by atoms with E-state index in [4.69, 9.17) is 4.74 Å². The third-order valence-electron chi connectivity index (χ3n) is 6.23. The molecule has 1 aromatic carbocycles. The molecule has 4 atom stereocenters. The van der Waals surface area contributed by atoms with Crippen LogP contribution in [-0.2, 0) is 30.3 Å². The maximum absolute atomic E-state index is 13.4. The van der Waals surface area contributed by atoms with Crippen molar-refractivity contribution in [3.05, 3.63) is 35.9 Å². The summed E-state index contributed by atoms with van der Waals surface area (Å²) in [5.74, 6) is -2.81. The van der Waals surface area contributed by atoms with Crippen LogP contribution in [0.3, 0.4) is 0 Å². The number of hydrogen-bond donors (Lipinski definition) is 4. The van der Waals surface area contributed by atoms with E-state index < -0.39 is 29.9 Å². The smallest absolute Gasteiger partial charge is 0.273 e. The van der Waals surface area contributed by atoms with Gasteiger partial charge in [0.15, 0.2) is 0 Å². The number of carbonyl (C=O) groups is 4. The summed E-state index contributed by atoms with van der Waals surface area (Å²) < 4.78 is 5.89. The fourth-order valence-electron chi connectivity index (χ4n) is 4.31. The van der Waals surface area contributed by atoms with Crippen molar-refractivity contribution in [3.63, 3.8) is 0 Å². The van der Waals surface area contributed by atoms with Crippen LogP contribution in [-0.4, -0.2) is 72.6 Å². The van der Waals surface area contributed by atoms with Gasteiger partial charge in [0.25, 0.3) is 5.91 Å². The second kappa shape index (κ2) is 14.4. The number of aryl methyl sites for hydroxylation is 1. The molecule has 3 unspecified atom stereocenters. The standard InChI is InChI=1S/C25H38N4O6/c1-17-15-29(18(2)30)14-8-13-21(24(32)26-3)27-23(31)20(22(35-16-17)25(33)28-34)12-7-11-19-9-5-4-6-10-19/h4-6,9-10,17,20-22,34H,7-8,11-16H2,1-3H3,(H,26,32)(H,27,31)(H,28,33)/t17?,20?,21?,22-/m0/s1. The molecule has 0 saturated carbocycles. The Labute approximate surface area is 206 Å². The van der Waals surface area contributed by atoms with Gasteiger partial charge in [-0.15, -0.1) is 0 Å². The summed E-state index contributed by atoms with van der Waals surface area (Å²) in [6.07, 6.45) is 1.20. The first-order valence-corrected chi connectivity index (χ1v) is 12.1. The molecule has 0 aromatic heterocycles. The van der Waals surface area contributed by atoms with Gasteiger partial charge in [0, 0.05) is 27.1 Å². The number of nitrogens with one attached hydrogen (secondary N) is 3. The first-order valence-electron chi connectivity index (χ1n) is 12.1. The van der Waals surface area contributed by atoms with Crippen LogP contribution in [0.1, 0.15) is 45.1 Å². The summed E-state index contributed by atoms with van der Waals surface area (Å²) in [6.45, 7) is 4.33. The van der Waals surface area contributed by atoms with Gasteiger partial charge in [-0.3, -0.25) is 24.4 Å². The summed E-state index contributed by atoms with van der Waals surface area (Å²) in [7, 11) is 1.49. The van der Waals surface area contributed by atoms with Gasteiger partial charge in [0.1, 0.15) is 12.1 Å². The van der Waals surface area contributed by atoms with E-state index in [1.165, 1.54) is 14.0 Å². The third-order valence-corrected chi connectivity index (χ3v) is 6.23. The predicted molar refractivity (Wildman–Crippen MR) is 129 cm³/mol. The Balaban J connectivity index is 2.30. The molecular formula is C25H38N4O6. The molecule has 194 valence electrons. The van der Waals surface area contributed by atoms with Gasteiger partial charge in [-0.05, 0) is 43.6 Å². The second-order valence-corrected chi connectivity index (χ2v) is 9.10. The first kappa shape index (κ1) is 28.3. The van der Waals surface area contributed by atoms with E-state index in [-0.39, 0.29) is 24.3 Å². The number of amides is 4. The predicted octanol–water partition coefficient (Wildman–Crippen LogP) is 1.03. The van der Waals surface area contributed by atoms with Crippen molar-refractivity contribution in [1.29, 1.82) is 0 Å². The Bertz CT molecular complexity index is 850. The van der Waals surface area contributed by atoms with Crippen LogP contribution in [0.15, 0.2) is 30.3 Å². The van der Waals surface area contributed by atoms with Crippen molar-refractivity contribution in [1.82, 2.24) is 21.0 Å². The van der Waals surface area contributed by atoms with Crippen LogP contribution >= 0.6 is 0 Å². The minimum absolute atomic E-state index is 0.101. The number of hydroxylamine groups is 1. The number of benzene rings is 1. The van der Waals surface area contributed by atoms with E-state index in [1.807, 2.05) is 37.3 Å². The van der Waals surface area contributed by atoms with Gasteiger partial charge in [-0.1, -0.05) is 37.3 Å². The van der Waals surface area contributed by atoms with Crippen LogP contribution in [0.2, 0.25) is 0 Å². The molecule has 2 rings (SSSR count). The van der Waals surface area contributed by atoms with Gasteiger partial charge in [0.05, 0.1) is 12.5 Å². The van der Waals surface area contributed by atoms with Crippen LogP contribution in [0.4, 0.5) is 0 Å². The molecule has 10 nitrogen and oxygen atoms in total. The number of nitrogens with zero attached hydrogens (tertiary/aromatic N) is 1. The monoisotopic (exact) mass is 490 g/mol. The molecule has 4 N–H and O–H groups in total. The lowest BCUT2D eigenvalue weighted by molar-refractivity contribution is -0.152. The summed E-state index contributed by atoms with van der Waals surface area (Å²) in [5, 5.41) is 14.7. The molecule has 1 aromatic rings. The van der Waals surface area contributed by atoms with E-state index >= 15 is 0 Å². The number of ether oxygens (including phenoxy) is 1. The second-order valence-electron chi connectivity index (χ2n) is 9.10. The Morgan fingerprint density at radius 3 is 2.54 bits per heavy atom. The maximum Gasteiger partial charge on any atom is 0.273 e. The van der Waals surface area contributed by atoms with Crippen LogP contribution in [0, 0.1) is 11.8 Å². The molecule has 1 aliphatic rings. The molecule has 0 radical (unpaired) electrons. The molecule has 4 amide bonds. The van der Waals surface area contributed by atoms with Gasteiger partial charge < -0.3 is 20.3 Å². The Morgan fingerprint density at radius 1 is 1.20 bits per heavy atom. The highest BCUT2D eigenvalue weighted by Gasteiger charge is 2.36. The zero-order valence-corrected chi connectivity index (χ0v) is 20.8. The fraction of sp³-hybridized carbons (Fsp3) is 0.600. The highest BCUT2D eigenvalue weighted by atomic mass is 16.5. The zero-order chi connectivity index (χ0) is 25.8. The van der Waals surface area contributed by atoms with Crippen molar-refractivity contribution < 1.29 is 29.1 Å². The number of likely N-dealkylation sites (N-methyl/N-ethyl adjacent to an activating group) is 1. The van der Waals surface area contributed by atoms with Crippen molar-refractivity contribution in [2.45, 2.75) is 58.1 Å². The first-order chi connectivity index (χ1) is 16.8. The molecule has 1 aliphatic heterocycles. The molecule has 1 heterocycles. The molecule has 1 fully saturated rings. The van der Waals surface area contributed by atoms with Crippen LogP contribution < -0.4 is 16.1 Å². The quantitative estimate of drug-likeness (QED) is 0.347. The summed E-state index contributed by atoms with van der Waals surface area (Å²) in [4.78, 5) is 52.2. The molecule has 35 heavy (non-hydrogen) atoms. The Hall–Kier alpha value is -2.98. The van der Waals surface area contributed by atoms with Crippen LogP contribution in [0.25, 0.3) is 0 Å². The molecular weight excluding hydrogens is 452 g/mol. The molecule has 0 aliphatic carbocycles. The lowest BCUT2D eigenvalue weighted by Crippen LogP contribution is -2.52. The van der Waals surface area contributed by atoms with Gasteiger partial charge in [-0.2, -0.15) is 0 Å². The minimum atomic E-state index is -1.25. The van der Waals surface area contributed by atoms with Gasteiger partial charge in [-0.25, -0.2) is 5.48 Å². The number of rotatable bonds is 6. The topological polar surface area (TPSA) is 137 Å². The average Bonchev–Trinajstić information content (AvgIpc) is 2.86. The summed E-state index contributed by atoms with van der Waals surface area (Å²) >= 11 is 0. The van der Waals surface area contributed by atoms with Crippen molar-refractivity contribution in [2.75, 3.05) is 26.7 Å². The van der Waals surface area contributed by atoms with E-state index in [0.29, 0.717) is 45.2 Å². The highest BCUT2D eigenvalue weighted by Crippen LogP contribution is 2.20. The Kier molecular flexibility index (Phi) is 11.6. The van der Waals surface area contributed by atoms with E-state index in [9.17, 15) is 24.4 Å². The lowest BCUT2D eigenvalue weighted by Gasteiger charge is -2.28. The van der Waals surface area contributed by atoms with Gasteiger partial charge in [0.2, 0.25) is 17.7 Å². The van der Waals surface area contributed by atoms with E-state index in [2.05, 4.69) is 10.6 Å². The van der Waals surface area contributed by atoms with E-state index in [1.54, 1.807) is 10.4 Å². The number of hydrogen-bond acceptors (Lipinski definition) is 6. The van der Waals surface area contributed by atoms with Crippen molar-refractivity contribution >= 4 is 23.6 Å². The van der Waals surface area contributed by atoms with Crippen LogP contribution in [0.5, 0.6) is 0 Å². The van der Waals surface area contributed by atoms with Crippen molar-refractivity contribution in [2.24, 2.45) is 11.8 Å². The third kappa shape index (κ3) is 8.95. The van der Waals surface area contributed by atoms with E-state index in [0.717, 1.165) is 5.56 Å². The van der Waals surface area contributed by atoms with Gasteiger partial charge >= 0.3 is 0 Å². The summed E-state index contributed by atoms with van der Waals surface area (Å²) in [5.41, 5.74) is 2.72. The summed E-state index contributed by atoms with van der Waals surface area (Å²) in [6, 6.07) is 8.95. The zero-order valence-electron chi connectivity index (χ0n) is 20.8. The lowest BCUT2D eigenvalue weighted by atomic mass is 9.92. The average molecular weight is 491 g/mol. The van der Waals surface area contributed by atoms with Crippen molar-refractivity contribution in [3.8, 4) is 0 Å². The highest BCUT2D eigenvalue weighted by molar-refractivity contribution is 5.92. The fourth-order valence-corrected chi connectivity index (χ4v) is 4.31. The molecule has 10 heteroatoms. The molecule has 0 spiro atoms. The minimum Gasteiger partial charge on any atom is -0.367 e.